The molecule has 0 aliphatic heterocycles. The van der Waals surface area contributed by atoms with Gasteiger partial charge in [-0.25, -0.2) is 0 Å². The number of hydrogen-bond donors (Lipinski definition) is 2. The molecule has 7 heteroatoms. The SMILES string of the molecule is CC[C@H](OC)[C@H](NC(=O)[C@H](CC1(C)CCCC1)NC(=O)c1ccoc1)C(C)=O. The van der Waals surface area contributed by atoms with Crippen molar-refractivity contribution in [3.05, 3.63) is 24.2 Å². The molecular weight excluding hydrogens is 360 g/mol. The number of carbonyl (C=O) groups excluding carboxylic acids is 3. The van der Waals surface area contributed by atoms with Crippen LogP contribution in [0.25, 0.3) is 0 Å². The van der Waals surface area contributed by atoms with Crippen LogP contribution in [0.15, 0.2) is 23.0 Å². The molecule has 1 aromatic heterocycles. The number of ketones is 1. The van der Waals surface area contributed by atoms with Crippen LogP contribution < -0.4 is 10.6 Å². The van der Waals surface area contributed by atoms with Gasteiger partial charge >= 0.3 is 0 Å². The first-order valence-electron chi connectivity index (χ1n) is 9.96. The molecular formula is C21H32N2O5. The molecule has 0 radical (unpaired) electrons. The minimum atomic E-state index is -0.743. The third-order valence-corrected chi connectivity index (χ3v) is 5.73. The molecule has 1 aromatic rings. The molecule has 1 heterocycles. The van der Waals surface area contributed by atoms with Crippen LogP contribution in [0.4, 0.5) is 0 Å². The molecule has 0 unspecified atom stereocenters. The molecule has 0 spiro atoms. The molecule has 2 amide bonds. The molecule has 1 fully saturated rings. The van der Waals surface area contributed by atoms with Crippen molar-refractivity contribution >= 4 is 17.6 Å². The zero-order chi connectivity index (χ0) is 20.7. The Morgan fingerprint density at radius 3 is 2.43 bits per heavy atom. The highest BCUT2D eigenvalue weighted by Crippen LogP contribution is 2.41. The molecule has 0 bridgehead atoms. The van der Waals surface area contributed by atoms with Gasteiger partial charge in [-0.15, -0.1) is 0 Å². The highest BCUT2D eigenvalue weighted by atomic mass is 16.5. The van der Waals surface area contributed by atoms with Gasteiger partial charge in [0.2, 0.25) is 5.91 Å². The average Bonchev–Trinajstić information content (AvgIpc) is 3.33. The lowest BCUT2D eigenvalue weighted by molar-refractivity contribution is -0.131. The van der Waals surface area contributed by atoms with E-state index in [0.29, 0.717) is 18.4 Å². The number of carbonyl (C=O) groups is 3. The quantitative estimate of drug-likeness (QED) is 0.638. The number of furan rings is 1. The Morgan fingerprint density at radius 2 is 1.93 bits per heavy atom. The predicted octanol–water partition coefficient (Wildman–Crippen LogP) is 2.85. The summed E-state index contributed by atoms with van der Waals surface area (Å²) in [6.07, 6.45) is 7.75. The van der Waals surface area contributed by atoms with Crippen molar-refractivity contribution < 1.29 is 23.5 Å². The first kappa shape index (κ1) is 22.1. The fourth-order valence-electron chi connectivity index (χ4n) is 4.02. The van der Waals surface area contributed by atoms with E-state index in [2.05, 4.69) is 17.6 Å². The van der Waals surface area contributed by atoms with Crippen molar-refractivity contribution in [2.75, 3.05) is 7.11 Å². The van der Waals surface area contributed by atoms with E-state index < -0.39 is 18.2 Å². The summed E-state index contributed by atoms with van der Waals surface area (Å²) in [5.74, 6) is -0.900. The van der Waals surface area contributed by atoms with Gasteiger partial charge in [0.15, 0.2) is 5.78 Å². The molecule has 0 saturated heterocycles. The minimum absolute atomic E-state index is 0.0111. The van der Waals surface area contributed by atoms with Crippen molar-refractivity contribution in [2.45, 2.75) is 77.5 Å². The van der Waals surface area contributed by atoms with E-state index >= 15 is 0 Å². The first-order chi connectivity index (χ1) is 13.3. The first-order valence-corrected chi connectivity index (χ1v) is 9.96. The fourth-order valence-corrected chi connectivity index (χ4v) is 4.02. The maximum absolute atomic E-state index is 13.1. The van der Waals surface area contributed by atoms with Gasteiger partial charge in [-0.3, -0.25) is 14.4 Å². The van der Waals surface area contributed by atoms with Gasteiger partial charge in [0.1, 0.15) is 18.3 Å². The zero-order valence-corrected chi connectivity index (χ0v) is 17.2. The van der Waals surface area contributed by atoms with E-state index in [1.54, 1.807) is 6.07 Å². The second-order valence-corrected chi connectivity index (χ2v) is 8.04. The van der Waals surface area contributed by atoms with E-state index in [-0.39, 0.29) is 23.0 Å². The summed E-state index contributed by atoms with van der Waals surface area (Å²) in [5.41, 5.74) is 0.351. The number of ether oxygens (including phenoxy) is 1. The van der Waals surface area contributed by atoms with Gasteiger partial charge in [-0.2, -0.15) is 0 Å². The molecule has 1 aliphatic rings. The second-order valence-electron chi connectivity index (χ2n) is 8.04. The predicted molar refractivity (Wildman–Crippen MR) is 105 cm³/mol. The Bertz CT molecular complexity index is 660. The average molecular weight is 392 g/mol. The van der Waals surface area contributed by atoms with Crippen molar-refractivity contribution in [2.24, 2.45) is 5.41 Å². The summed E-state index contributed by atoms with van der Waals surface area (Å²) < 4.78 is 10.3. The van der Waals surface area contributed by atoms with Gasteiger partial charge < -0.3 is 19.8 Å². The summed E-state index contributed by atoms with van der Waals surface area (Å²) >= 11 is 0. The van der Waals surface area contributed by atoms with Crippen LogP contribution in [-0.2, 0) is 14.3 Å². The van der Waals surface area contributed by atoms with Gasteiger partial charge in [0.25, 0.3) is 5.91 Å². The number of methoxy groups -OCH3 is 1. The van der Waals surface area contributed by atoms with Gasteiger partial charge in [-0.1, -0.05) is 26.7 Å². The maximum Gasteiger partial charge on any atom is 0.255 e. The minimum Gasteiger partial charge on any atom is -0.472 e. The van der Waals surface area contributed by atoms with Crippen molar-refractivity contribution in [3.63, 3.8) is 0 Å². The normalized spacial score (nSPS) is 18.9. The maximum atomic E-state index is 13.1. The largest absolute Gasteiger partial charge is 0.472 e. The molecule has 0 aromatic carbocycles. The second kappa shape index (κ2) is 9.87. The van der Waals surface area contributed by atoms with Crippen LogP contribution in [-0.4, -0.2) is 42.9 Å². The Morgan fingerprint density at radius 1 is 1.25 bits per heavy atom. The summed E-state index contributed by atoms with van der Waals surface area (Å²) in [6.45, 7) is 5.48. The summed E-state index contributed by atoms with van der Waals surface area (Å²) in [5, 5.41) is 5.64. The summed E-state index contributed by atoms with van der Waals surface area (Å²) in [6, 6.07) is 0.0757. The Hall–Kier alpha value is -2.15. The number of nitrogens with one attached hydrogen (secondary N) is 2. The van der Waals surface area contributed by atoms with Crippen LogP contribution in [0.5, 0.6) is 0 Å². The van der Waals surface area contributed by atoms with E-state index in [9.17, 15) is 14.4 Å². The van der Waals surface area contributed by atoms with Gasteiger partial charge in [-0.05, 0) is 44.1 Å². The lowest BCUT2D eigenvalue weighted by atomic mass is 9.81. The number of rotatable bonds is 10. The van der Waals surface area contributed by atoms with Gasteiger partial charge in [0.05, 0.1) is 17.9 Å². The molecule has 3 atom stereocenters. The number of amides is 2. The Balaban J connectivity index is 2.17. The third-order valence-electron chi connectivity index (χ3n) is 5.73. The Labute approximate surface area is 166 Å². The molecule has 2 N–H and O–H groups in total. The van der Waals surface area contributed by atoms with Crippen molar-refractivity contribution in [1.82, 2.24) is 10.6 Å². The monoisotopic (exact) mass is 392 g/mol. The Kier molecular flexibility index (Phi) is 7.80. The zero-order valence-electron chi connectivity index (χ0n) is 17.2. The van der Waals surface area contributed by atoms with E-state index in [0.717, 1.165) is 25.7 Å². The lowest BCUT2D eigenvalue weighted by Crippen LogP contribution is -2.55. The van der Waals surface area contributed by atoms with Crippen molar-refractivity contribution in [3.8, 4) is 0 Å². The highest BCUT2D eigenvalue weighted by Gasteiger charge is 2.37. The standard InChI is InChI=1S/C21H32N2O5/c1-5-17(27-4)18(14(2)24)23-20(26)16(12-21(3)9-6-7-10-21)22-19(25)15-8-11-28-13-15/h8,11,13,16-18H,5-7,9-10,12H2,1-4H3,(H,22,25)(H,23,26)/t16-,17-,18+/m0/s1. The molecule has 2 rings (SSSR count). The molecule has 156 valence electrons. The topological polar surface area (TPSA) is 97.6 Å². The van der Waals surface area contributed by atoms with Crippen LogP contribution in [0.1, 0.15) is 69.7 Å². The third kappa shape index (κ3) is 5.67. The van der Waals surface area contributed by atoms with Crippen LogP contribution in [0, 0.1) is 5.41 Å². The van der Waals surface area contributed by atoms with Crippen molar-refractivity contribution in [1.29, 1.82) is 0 Å². The van der Waals surface area contributed by atoms with Crippen LogP contribution >= 0.6 is 0 Å². The van der Waals surface area contributed by atoms with E-state index in [1.807, 2.05) is 6.92 Å². The van der Waals surface area contributed by atoms with E-state index in [1.165, 1.54) is 26.6 Å². The highest BCUT2D eigenvalue weighted by molar-refractivity contribution is 5.98. The summed E-state index contributed by atoms with van der Waals surface area (Å²) in [4.78, 5) is 37.7. The van der Waals surface area contributed by atoms with Gasteiger partial charge in [0, 0.05) is 7.11 Å². The lowest BCUT2D eigenvalue weighted by Gasteiger charge is -2.31. The van der Waals surface area contributed by atoms with Crippen LogP contribution in [0.2, 0.25) is 0 Å². The summed E-state index contributed by atoms with van der Waals surface area (Å²) in [7, 11) is 1.52. The smallest absolute Gasteiger partial charge is 0.255 e. The van der Waals surface area contributed by atoms with E-state index in [4.69, 9.17) is 9.15 Å². The number of hydrogen-bond acceptors (Lipinski definition) is 5. The van der Waals surface area contributed by atoms with Crippen LogP contribution in [0.3, 0.4) is 0 Å². The molecule has 28 heavy (non-hydrogen) atoms. The molecule has 1 saturated carbocycles. The molecule has 7 nitrogen and oxygen atoms in total. The fraction of sp³-hybridized carbons (Fsp3) is 0.667. The number of Topliss-reactive ketones (excluding diaryl/α,β-unsaturated/α-hetero) is 1. The molecule has 1 aliphatic carbocycles.